The van der Waals surface area contributed by atoms with Crippen LogP contribution in [0.3, 0.4) is 0 Å². The van der Waals surface area contributed by atoms with Crippen LogP contribution in [0.4, 0.5) is 0 Å². The van der Waals surface area contributed by atoms with Crippen molar-refractivity contribution < 1.29 is 33.3 Å². The van der Waals surface area contributed by atoms with Crippen molar-refractivity contribution in [1.82, 2.24) is 4.90 Å². The smallest absolute Gasteiger partial charge is 0.310 e. The quantitative estimate of drug-likeness (QED) is 0.401. The van der Waals surface area contributed by atoms with Crippen molar-refractivity contribution in [2.45, 2.75) is 19.3 Å². The maximum atomic E-state index is 12.5. The van der Waals surface area contributed by atoms with Crippen LogP contribution >= 0.6 is 0 Å². The van der Waals surface area contributed by atoms with Gasteiger partial charge in [-0.25, -0.2) is 0 Å². The van der Waals surface area contributed by atoms with E-state index in [1.165, 1.54) is 12.0 Å². The summed E-state index contributed by atoms with van der Waals surface area (Å²) in [7, 11) is 4.62. The molecule has 33 heavy (non-hydrogen) atoms. The maximum absolute atomic E-state index is 12.5. The van der Waals surface area contributed by atoms with Gasteiger partial charge in [-0.2, -0.15) is 0 Å². The zero-order valence-corrected chi connectivity index (χ0v) is 19.2. The molecule has 0 bridgehead atoms. The first-order chi connectivity index (χ1) is 16.0. The van der Waals surface area contributed by atoms with Crippen LogP contribution in [0.5, 0.6) is 17.2 Å². The van der Waals surface area contributed by atoms with Crippen molar-refractivity contribution in [3.63, 3.8) is 0 Å². The summed E-state index contributed by atoms with van der Waals surface area (Å²) in [5.74, 6) is -0.263. The first-order valence-electron chi connectivity index (χ1n) is 10.8. The van der Waals surface area contributed by atoms with Gasteiger partial charge in [-0.1, -0.05) is 30.3 Å². The first-order valence-corrected chi connectivity index (χ1v) is 10.8. The second-order valence-electron chi connectivity index (χ2n) is 7.77. The van der Waals surface area contributed by atoms with Gasteiger partial charge in [0.25, 0.3) is 5.91 Å². The molecule has 0 saturated carbocycles. The van der Waals surface area contributed by atoms with Crippen molar-refractivity contribution >= 4 is 17.7 Å². The topological polar surface area (TPSA) is 91.4 Å². The highest BCUT2D eigenvalue weighted by molar-refractivity contribution is 6.36. The molecule has 0 N–H and O–H groups in total. The van der Waals surface area contributed by atoms with E-state index >= 15 is 0 Å². The van der Waals surface area contributed by atoms with Gasteiger partial charge in [-0.05, 0) is 29.7 Å². The molecule has 0 unspecified atom stereocenters. The lowest BCUT2D eigenvalue weighted by Crippen LogP contribution is -2.36. The van der Waals surface area contributed by atoms with Gasteiger partial charge in [0.05, 0.1) is 33.9 Å². The van der Waals surface area contributed by atoms with Crippen LogP contribution in [0.1, 0.15) is 17.5 Å². The minimum absolute atomic E-state index is 0.0556. The summed E-state index contributed by atoms with van der Waals surface area (Å²) >= 11 is 0. The fourth-order valence-electron chi connectivity index (χ4n) is 3.84. The van der Waals surface area contributed by atoms with Gasteiger partial charge in [-0.3, -0.25) is 14.4 Å². The molecule has 1 saturated heterocycles. The van der Waals surface area contributed by atoms with Crippen LogP contribution in [-0.4, -0.2) is 63.6 Å². The number of Topliss-reactive ketones (excluding diaryl/α,β-unsaturated/α-hetero) is 1. The maximum Gasteiger partial charge on any atom is 0.310 e. The second-order valence-corrected chi connectivity index (χ2v) is 7.77. The highest BCUT2D eigenvalue weighted by Gasteiger charge is 2.34. The molecule has 2 aromatic carbocycles. The number of likely N-dealkylation sites (tertiary alicyclic amines) is 1. The lowest BCUT2D eigenvalue weighted by molar-refractivity contribution is -0.149. The Labute approximate surface area is 193 Å². The Morgan fingerprint density at radius 2 is 1.61 bits per heavy atom. The number of methoxy groups -OCH3 is 3. The molecule has 1 aliphatic rings. The molecule has 0 aliphatic carbocycles. The number of carbonyl (C=O) groups is 3. The first kappa shape index (κ1) is 24.1. The van der Waals surface area contributed by atoms with Gasteiger partial charge in [0.1, 0.15) is 0 Å². The molecule has 0 radical (unpaired) electrons. The van der Waals surface area contributed by atoms with Crippen molar-refractivity contribution in [3.05, 3.63) is 53.6 Å². The Bertz CT molecular complexity index is 964. The predicted molar refractivity (Wildman–Crippen MR) is 121 cm³/mol. The van der Waals surface area contributed by atoms with E-state index in [0.29, 0.717) is 36.6 Å². The summed E-state index contributed by atoms with van der Waals surface area (Å²) in [6.45, 7) is 0.739. The normalized spacial score (nSPS) is 15.1. The molecule has 8 heteroatoms. The molecule has 1 amide bonds. The number of ketones is 1. The summed E-state index contributed by atoms with van der Waals surface area (Å²) in [4.78, 5) is 38.7. The second kappa shape index (κ2) is 11.4. The highest BCUT2D eigenvalue weighted by atomic mass is 16.5. The van der Waals surface area contributed by atoms with Crippen LogP contribution in [-0.2, 0) is 32.0 Å². The lowest BCUT2D eigenvalue weighted by Gasteiger charge is -2.16. The number of hydrogen-bond acceptors (Lipinski definition) is 7. The Morgan fingerprint density at radius 1 is 0.939 bits per heavy atom. The fourth-order valence-corrected chi connectivity index (χ4v) is 3.84. The zero-order valence-electron chi connectivity index (χ0n) is 19.2. The number of esters is 1. The number of ether oxygens (including phenoxy) is 4. The third-order valence-electron chi connectivity index (χ3n) is 5.61. The SMILES string of the molecule is COc1cc(CCOC(=O)[C@@H]2CCN(C(=O)C(=O)Cc3ccccc3)C2)cc(OC)c1OC. The lowest BCUT2D eigenvalue weighted by atomic mass is 10.1. The number of hydrogen-bond donors (Lipinski definition) is 0. The molecule has 3 rings (SSSR count). The number of benzene rings is 2. The van der Waals surface area contributed by atoms with Crippen molar-refractivity contribution in [2.24, 2.45) is 5.92 Å². The monoisotopic (exact) mass is 455 g/mol. The largest absolute Gasteiger partial charge is 0.493 e. The van der Waals surface area contributed by atoms with Crippen LogP contribution in [0.15, 0.2) is 42.5 Å². The Balaban J connectivity index is 1.49. The van der Waals surface area contributed by atoms with Gasteiger partial charge in [0, 0.05) is 25.9 Å². The average Bonchev–Trinajstić information content (AvgIpc) is 3.33. The summed E-state index contributed by atoms with van der Waals surface area (Å²) in [6.07, 6.45) is 1.00. The van der Waals surface area contributed by atoms with Crippen molar-refractivity contribution in [2.75, 3.05) is 41.0 Å². The van der Waals surface area contributed by atoms with E-state index in [-0.39, 0.29) is 25.5 Å². The van der Waals surface area contributed by atoms with Gasteiger partial charge < -0.3 is 23.8 Å². The molecule has 8 nitrogen and oxygen atoms in total. The molecule has 0 aromatic heterocycles. The molecule has 1 aliphatic heterocycles. The fraction of sp³-hybridized carbons (Fsp3) is 0.400. The Hall–Kier alpha value is -3.55. The van der Waals surface area contributed by atoms with E-state index in [1.54, 1.807) is 14.2 Å². The van der Waals surface area contributed by atoms with E-state index in [2.05, 4.69) is 0 Å². The number of carbonyl (C=O) groups excluding carboxylic acids is 3. The van der Waals surface area contributed by atoms with Gasteiger partial charge in [0.2, 0.25) is 11.5 Å². The molecule has 176 valence electrons. The summed E-state index contributed by atoms with van der Waals surface area (Å²) in [5, 5.41) is 0. The van der Waals surface area contributed by atoms with E-state index in [1.807, 2.05) is 42.5 Å². The summed E-state index contributed by atoms with van der Waals surface area (Å²) < 4.78 is 21.4. The van der Waals surface area contributed by atoms with Gasteiger partial charge >= 0.3 is 5.97 Å². The van der Waals surface area contributed by atoms with Gasteiger partial charge in [-0.15, -0.1) is 0 Å². The molecular formula is C25H29NO7. The standard InChI is InChI=1S/C25H29NO7/c1-30-21-14-18(15-22(31-2)23(21)32-3)10-12-33-25(29)19-9-11-26(16-19)24(28)20(27)13-17-7-5-4-6-8-17/h4-8,14-15,19H,9-13,16H2,1-3H3/t19-/m1/s1. The van der Waals surface area contributed by atoms with Crippen molar-refractivity contribution in [1.29, 1.82) is 0 Å². The van der Waals surface area contributed by atoms with Crippen molar-refractivity contribution in [3.8, 4) is 17.2 Å². The van der Waals surface area contributed by atoms with Crippen LogP contribution in [0.2, 0.25) is 0 Å². The number of rotatable bonds is 10. The van der Waals surface area contributed by atoms with E-state index < -0.39 is 17.6 Å². The van der Waals surface area contributed by atoms with E-state index in [9.17, 15) is 14.4 Å². The van der Waals surface area contributed by atoms with Crippen LogP contribution < -0.4 is 14.2 Å². The molecule has 2 aromatic rings. The predicted octanol–water partition coefficient (Wildman–Crippen LogP) is 2.46. The summed E-state index contributed by atoms with van der Waals surface area (Å²) in [6, 6.07) is 12.7. The molecule has 1 fully saturated rings. The van der Waals surface area contributed by atoms with E-state index in [4.69, 9.17) is 18.9 Å². The molecule has 1 heterocycles. The Kier molecular flexibility index (Phi) is 8.29. The minimum atomic E-state index is -0.549. The average molecular weight is 456 g/mol. The minimum Gasteiger partial charge on any atom is -0.493 e. The number of amides is 1. The van der Waals surface area contributed by atoms with E-state index in [0.717, 1.165) is 11.1 Å². The third kappa shape index (κ3) is 6.03. The summed E-state index contributed by atoms with van der Waals surface area (Å²) in [5.41, 5.74) is 1.66. The Morgan fingerprint density at radius 3 is 2.21 bits per heavy atom. The van der Waals surface area contributed by atoms with Gasteiger partial charge in [0.15, 0.2) is 11.5 Å². The van der Waals surface area contributed by atoms with Crippen LogP contribution in [0.25, 0.3) is 0 Å². The molecule has 0 spiro atoms. The third-order valence-corrected chi connectivity index (χ3v) is 5.61. The van der Waals surface area contributed by atoms with Crippen LogP contribution in [0, 0.1) is 5.92 Å². The zero-order chi connectivity index (χ0) is 23.8. The molecular weight excluding hydrogens is 426 g/mol. The molecule has 1 atom stereocenters. The highest BCUT2D eigenvalue weighted by Crippen LogP contribution is 2.38. The number of nitrogens with zero attached hydrogens (tertiary/aromatic N) is 1.